The van der Waals surface area contributed by atoms with Crippen molar-refractivity contribution in [3.05, 3.63) is 65.0 Å². The molecule has 2 aromatic carbocycles. The highest BCUT2D eigenvalue weighted by molar-refractivity contribution is 7.59. The third kappa shape index (κ3) is 7.01. The van der Waals surface area contributed by atoms with E-state index in [4.69, 9.17) is 30.5 Å². The van der Waals surface area contributed by atoms with E-state index in [-0.39, 0.29) is 49.8 Å². The van der Waals surface area contributed by atoms with Gasteiger partial charge in [-0.05, 0) is 30.3 Å². The Kier molecular flexibility index (Phi) is 9.92. The normalized spacial score (nSPS) is 22.5. The molecule has 4 heterocycles. The van der Waals surface area contributed by atoms with Crippen LogP contribution in [0.2, 0.25) is 5.02 Å². The van der Waals surface area contributed by atoms with E-state index in [2.05, 4.69) is 15.3 Å². The van der Waals surface area contributed by atoms with E-state index in [0.29, 0.717) is 79.7 Å². The summed E-state index contributed by atoms with van der Waals surface area (Å²) in [6.07, 6.45) is 2.93. The second-order valence-corrected chi connectivity index (χ2v) is 10.7. The van der Waals surface area contributed by atoms with Crippen LogP contribution in [0.1, 0.15) is 12.0 Å². The van der Waals surface area contributed by atoms with Crippen molar-refractivity contribution >= 4 is 53.3 Å². The minimum atomic E-state index is -0.819. The van der Waals surface area contributed by atoms with Gasteiger partial charge in [-0.3, -0.25) is 9.69 Å². The fourth-order valence-corrected chi connectivity index (χ4v) is 5.42. The van der Waals surface area contributed by atoms with Gasteiger partial charge in [0.15, 0.2) is 11.6 Å². The number of benzene rings is 2. The van der Waals surface area contributed by atoms with Gasteiger partial charge >= 0.3 is 0 Å². The fraction of sp³-hybridized carbons (Fsp3) is 0.414. The molecule has 42 heavy (non-hydrogen) atoms. The molecule has 3 aliphatic heterocycles. The molecule has 3 atom stereocenters. The highest BCUT2D eigenvalue weighted by atomic mass is 35.5. The largest absolute Gasteiger partial charge is 0.488 e. The smallest absolute Gasteiger partial charge is 0.195 e. The molecule has 224 valence electrons. The summed E-state index contributed by atoms with van der Waals surface area (Å²) in [6.45, 7) is 3.65. The van der Waals surface area contributed by atoms with Crippen LogP contribution >= 0.6 is 25.1 Å². The summed E-state index contributed by atoms with van der Waals surface area (Å²) in [6, 6.07) is 7.66. The van der Waals surface area contributed by atoms with Gasteiger partial charge in [-0.2, -0.15) is 13.5 Å². The number of fused-ring (bicyclic) bond motifs is 2. The highest BCUT2D eigenvalue weighted by Crippen LogP contribution is 2.33. The molecule has 1 N–H and O–H groups in total. The number of hydrogen-bond donors (Lipinski definition) is 1. The van der Waals surface area contributed by atoms with Crippen molar-refractivity contribution in [1.29, 1.82) is 0 Å². The van der Waals surface area contributed by atoms with E-state index in [1.807, 2.05) is 4.90 Å². The van der Waals surface area contributed by atoms with Crippen LogP contribution in [0, 0.1) is 5.82 Å². The van der Waals surface area contributed by atoms with Gasteiger partial charge in [0.1, 0.15) is 29.8 Å². The second-order valence-electron chi connectivity index (χ2n) is 10.2. The number of rotatable bonds is 9. The molecular formula is C29H31ClF2N4O5S. The Balaban J connectivity index is 0.00000353. The molecule has 0 bridgehead atoms. The maximum atomic E-state index is 15.1. The molecule has 0 radical (unpaired) electrons. The number of likely N-dealkylation sites (tertiary alicyclic amines) is 1. The zero-order valence-corrected chi connectivity index (χ0v) is 24.4. The lowest BCUT2D eigenvalue weighted by atomic mass is 10.0. The van der Waals surface area contributed by atoms with E-state index in [0.717, 1.165) is 0 Å². The maximum absolute atomic E-state index is 15.1. The summed E-state index contributed by atoms with van der Waals surface area (Å²) >= 11 is 5.94. The van der Waals surface area contributed by atoms with Crippen LogP contribution in [-0.4, -0.2) is 85.0 Å². The molecule has 0 amide bonds. The Morgan fingerprint density at radius 2 is 1.93 bits per heavy atom. The Bertz CT molecular complexity index is 1460. The number of allylic oxidation sites excluding steroid dienone is 1. The van der Waals surface area contributed by atoms with Gasteiger partial charge in [-0.25, -0.2) is 18.7 Å². The average molecular weight is 621 g/mol. The molecule has 0 spiro atoms. The lowest BCUT2D eigenvalue weighted by Crippen LogP contribution is -2.36. The third-order valence-electron chi connectivity index (χ3n) is 7.37. The molecular weight excluding hydrogens is 590 g/mol. The van der Waals surface area contributed by atoms with Crippen LogP contribution in [0.4, 0.5) is 20.3 Å². The minimum Gasteiger partial charge on any atom is -0.488 e. The van der Waals surface area contributed by atoms with Gasteiger partial charge in [0.25, 0.3) is 0 Å². The summed E-state index contributed by atoms with van der Waals surface area (Å²) in [5.41, 5.74) is 1.56. The zero-order valence-electron chi connectivity index (χ0n) is 22.7. The summed E-state index contributed by atoms with van der Waals surface area (Å²) in [5, 5.41) is 3.66. The Morgan fingerprint density at radius 1 is 1.14 bits per heavy atom. The maximum Gasteiger partial charge on any atom is 0.195 e. The fourth-order valence-electron chi connectivity index (χ4n) is 5.24. The van der Waals surface area contributed by atoms with Crippen LogP contribution in [0.5, 0.6) is 5.75 Å². The molecule has 0 saturated carbocycles. The number of carbonyl (C=O) groups is 1. The number of ketones is 1. The molecule has 6 rings (SSSR count). The lowest BCUT2D eigenvalue weighted by Gasteiger charge is -2.24. The number of halogens is 3. The van der Waals surface area contributed by atoms with Crippen molar-refractivity contribution in [1.82, 2.24) is 14.9 Å². The number of nitrogens with zero attached hydrogens (tertiary/aromatic N) is 3. The zero-order chi connectivity index (χ0) is 28.3. The molecule has 0 unspecified atom stereocenters. The molecule has 1 aromatic heterocycles. The van der Waals surface area contributed by atoms with E-state index < -0.39 is 17.4 Å². The number of nitrogens with one attached hydrogen (secondary N) is 1. The standard InChI is InChI=1S/C29H29ClF2N4O5.H2S/c30-21-11-18(1-2-22(21)31)35-29-20-9-17(26(12-24(20)33-16-34-29)41-19-4-6-38-15-19)10-25(37)23(32)3-5-36-13-27-28(14-36)40-8-7-39-27;/h1-3,9,11-12,16,19,27-28H,4-8,10,13-15H2,(H,33,34,35);1H2/b23-3-;/t19-,27-,28-;/m0./s1. The molecule has 3 fully saturated rings. The molecule has 13 heteroatoms. The number of hydrogen-bond acceptors (Lipinski definition) is 9. The molecule has 9 nitrogen and oxygen atoms in total. The lowest BCUT2D eigenvalue weighted by molar-refractivity contribution is -0.116. The van der Waals surface area contributed by atoms with Crippen LogP contribution in [0.15, 0.2) is 48.6 Å². The van der Waals surface area contributed by atoms with Gasteiger partial charge in [0, 0.05) is 55.2 Å². The van der Waals surface area contributed by atoms with Crippen LogP contribution in [0.3, 0.4) is 0 Å². The first-order chi connectivity index (χ1) is 19.9. The Labute approximate surface area is 253 Å². The Hall–Kier alpha value is -2.87. The van der Waals surface area contributed by atoms with E-state index in [9.17, 15) is 9.18 Å². The van der Waals surface area contributed by atoms with Crippen molar-refractivity contribution in [2.45, 2.75) is 31.2 Å². The number of carbonyl (C=O) groups excluding carboxylic acids is 1. The predicted octanol–water partition coefficient (Wildman–Crippen LogP) is 4.51. The van der Waals surface area contributed by atoms with Crippen LogP contribution in [-0.2, 0) is 25.4 Å². The summed E-state index contributed by atoms with van der Waals surface area (Å²) in [5.74, 6) is -1.18. The summed E-state index contributed by atoms with van der Waals surface area (Å²) in [4.78, 5) is 23.8. The van der Waals surface area contributed by atoms with Crippen molar-refractivity contribution in [3.8, 4) is 5.75 Å². The van der Waals surface area contributed by atoms with Gasteiger partial charge in [-0.1, -0.05) is 11.6 Å². The first-order valence-corrected chi connectivity index (χ1v) is 13.9. The van der Waals surface area contributed by atoms with E-state index in [1.54, 1.807) is 12.1 Å². The second kappa shape index (κ2) is 13.6. The van der Waals surface area contributed by atoms with Crippen molar-refractivity contribution in [2.24, 2.45) is 0 Å². The molecule has 3 aliphatic rings. The van der Waals surface area contributed by atoms with Crippen LogP contribution in [0.25, 0.3) is 10.9 Å². The highest BCUT2D eigenvalue weighted by Gasteiger charge is 2.36. The quantitative estimate of drug-likeness (QED) is 0.347. The molecule has 0 aliphatic carbocycles. The van der Waals surface area contributed by atoms with E-state index in [1.165, 1.54) is 30.6 Å². The number of Topliss-reactive ketones (excluding diaryl/α,β-unsaturated/α-hetero) is 1. The monoisotopic (exact) mass is 620 g/mol. The number of aromatic nitrogens is 2. The van der Waals surface area contributed by atoms with Gasteiger partial charge in [0.2, 0.25) is 0 Å². The first-order valence-electron chi connectivity index (χ1n) is 13.5. The van der Waals surface area contributed by atoms with Gasteiger partial charge < -0.3 is 24.3 Å². The van der Waals surface area contributed by atoms with Crippen molar-refractivity contribution in [2.75, 3.05) is 51.4 Å². The topological polar surface area (TPSA) is 95.0 Å². The van der Waals surface area contributed by atoms with Crippen LogP contribution < -0.4 is 10.1 Å². The van der Waals surface area contributed by atoms with Crippen molar-refractivity contribution < 1.29 is 32.5 Å². The van der Waals surface area contributed by atoms with Crippen molar-refractivity contribution in [3.63, 3.8) is 0 Å². The first kappa shape index (κ1) is 30.6. The third-order valence-corrected chi connectivity index (χ3v) is 7.66. The molecule has 3 aromatic rings. The Morgan fingerprint density at radius 3 is 2.64 bits per heavy atom. The summed E-state index contributed by atoms with van der Waals surface area (Å²) < 4.78 is 51.8. The van der Waals surface area contributed by atoms with E-state index >= 15 is 4.39 Å². The number of anilines is 2. The minimum absolute atomic E-state index is 0. The summed E-state index contributed by atoms with van der Waals surface area (Å²) in [7, 11) is 0. The SMILES string of the molecule is O=C(Cc1cc2c(Nc3ccc(F)c(Cl)c3)ncnc2cc1O[C@H]1CCOC1)/C(F)=C/CN1C[C@@H]2OCCO[C@H]2C1.S. The molecule has 3 saturated heterocycles. The predicted molar refractivity (Wildman–Crippen MR) is 158 cm³/mol. The van der Waals surface area contributed by atoms with Gasteiger partial charge in [-0.15, -0.1) is 0 Å². The average Bonchev–Trinajstić information content (AvgIpc) is 3.64. The van der Waals surface area contributed by atoms with Gasteiger partial charge in [0.05, 0.1) is 49.2 Å². The number of ether oxygens (including phenoxy) is 4.